The molecule has 0 saturated heterocycles. The van der Waals surface area contributed by atoms with E-state index in [1.54, 1.807) is 24.3 Å². The fourth-order valence-electron chi connectivity index (χ4n) is 2.21. The van der Waals surface area contributed by atoms with Crippen LogP contribution in [0.3, 0.4) is 0 Å². The molecule has 0 saturated carbocycles. The summed E-state index contributed by atoms with van der Waals surface area (Å²) in [4.78, 5) is 24.0. The first-order chi connectivity index (χ1) is 11.6. The molecule has 5 heteroatoms. The quantitative estimate of drug-likeness (QED) is 0.796. The predicted molar refractivity (Wildman–Crippen MR) is 97.5 cm³/mol. The maximum atomic E-state index is 12.1. The van der Waals surface area contributed by atoms with Crippen LogP contribution in [-0.2, 0) is 11.2 Å². The molecule has 0 heterocycles. The molecule has 0 aliphatic rings. The number of nitrogens with one attached hydrogen (secondary N) is 2. The monoisotopic (exact) mass is 344 g/mol. The average molecular weight is 345 g/mol. The molecule has 24 heavy (non-hydrogen) atoms. The zero-order valence-electron chi connectivity index (χ0n) is 13.6. The number of aryl methyl sites for hydroxylation is 1. The van der Waals surface area contributed by atoms with E-state index < -0.39 is 0 Å². The summed E-state index contributed by atoms with van der Waals surface area (Å²) in [7, 11) is 0. The zero-order valence-corrected chi connectivity index (χ0v) is 14.4. The lowest BCUT2D eigenvalue weighted by Crippen LogP contribution is -2.24. The summed E-state index contributed by atoms with van der Waals surface area (Å²) >= 11 is 5.84. The van der Waals surface area contributed by atoms with Crippen molar-refractivity contribution >= 4 is 29.1 Å². The van der Waals surface area contributed by atoms with Crippen molar-refractivity contribution in [2.24, 2.45) is 0 Å². The molecule has 2 amide bonds. The molecule has 126 valence electrons. The van der Waals surface area contributed by atoms with Crippen molar-refractivity contribution in [1.82, 2.24) is 5.32 Å². The molecule has 0 spiro atoms. The summed E-state index contributed by atoms with van der Waals surface area (Å²) in [6.07, 6.45) is 1.89. The lowest BCUT2D eigenvalue weighted by Gasteiger charge is -2.08. The second-order valence-corrected chi connectivity index (χ2v) is 5.95. The van der Waals surface area contributed by atoms with Crippen LogP contribution >= 0.6 is 11.6 Å². The molecular formula is C19H21ClN2O2. The second-order valence-electron chi connectivity index (χ2n) is 5.51. The Labute approximate surface area is 147 Å². The van der Waals surface area contributed by atoms with Gasteiger partial charge < -0.3 is 10.6 Å². The minimum absolute atomic E-state index is 0.0870. The van der Waals surface area contributed by atoms with Crippen molar-refractivity contribution in [3.05, 3.63) is 64.7 Å². The van der Waals surface area contributed by atoms with Gasteiger partial charge in [-0.25, -0.2) is 0 Å². The van der Waals surface area contributed by atoms with E-state index in [1.165, 1.54) is 0 Å². The maximum Gasteiger partial charge on any atom is 0.251 e. The van der Waals surface area contributed by atoms with E-state index in [1.807, 2.05) is 31.2 Å². The van der Waals surface area contributed by atoms with E-state index >= 15 is 0 Å². The Hall–Kier alpha value is -2.33. The number of halogens is 1. The first kappa shape index (κ1) is 18.0. The number of carbonyl (C=O) groups excluding carboxylic acids is 2. The van der Waals surface area contributed by atoms with Gasteiger partial charge in [-0.3, -0.25) is 9.59 Å². The van der Waals surface area contributed by atoms with Gasteiger partial charge in [-0.15, -0.1) is 0 Å². The summed E-state index contributed by atoms with van der Waals surface area (Å²) in [6.45, 7) is 2.63. The van der Waals surface area contributed by atoms with Crippen molar-refractivity contribution in [2.45, 2.75) is 26.2 Å². The van der Waals surface area contributed by atoms with E-state index in [9.17, 15) is 9.59 Å². The third-order valence-corrected chi connectivity index (χ3v) is 3.75. The Bertz CT molecular complexity index is 699. The fourth-order valence-corrected chi connectivity index (χ4v) is 2.34. The molecule has 0 aliphatic heterocycles. The van der Waals surface area contributed by atoms with E-state index in [4.69, 9.17) is 11.6 Å². The van der Waals surface area contributed by atoms with Crippen molar-refractivity contribution in [1.29, 1.82) is 0 Å². The van der Waals surface area contributed by atoms with Gasteiger partial charge in [0.1, 0.15) is 0 Å². The van der Waals surface area contributed by atoms with Crippen LogP contribution in [0.15, 0.2) is 48.5 Å². The first-order valence-corrected chi connectivity index (χ1v) is 8.39. The summed E-state index contributed by atoms with van der Waals surface area (Å²) in [5.74, 6) is -0.217. The van der Waals surface area contributed by atoms with E-state index in [-0.39, 0.29) is 11.8 Å². The van der Waals surface area contributed by atoms with Crippen LogP contribution in [0, 0.1) is 0 Å². The molecule has 0 aliphatic carbocycles. The van der Waals surface area contributed by atoms with E-state index in [0.29, 0.717) is 35.7 Å². The molecule has 4 nitrogen and oxygen atoms in total. The molecule has 0 bridgehead atoms. The molecule has 0 radical (unpaired) electrons. The zero-order chi connectivity index (χ0) is 17.4. The highest BCUT2D eigenvalue weighted by molar-refractivity contribution is 6.30. The van der Waals surface area contributed by atoms with Gasteiger partial charge in [0.2, 0.25) is 5.91 Å². The largest absolute Gasteiger partial charge is 0.352 e. The molecule has 2 aromatic rings. The van der Waals surface area contributed by atoms with Crippen LogP contribution in [0.1, 0.15) is 35.7 Å². The summed E-state index contributed by atoms with van der Waals surface area (Å²) in [6, 6.07) is 14.4. The third kappa shape index (κ3) is 5.70. The number of anilines is 1. The van der Waals surface area contributed by atoms with Gasteiger partial charge in [-0.2, -0.15) is 0 Å². The maximum absolute atomic E-state index is 12.1. The minimum Gasteiger partial charge on any atom is -0.352 e. The van der Waals surface area contributed by atoms with Gasteiger partial charge in [0.15, 0.2) is 0 Å². The van der Waals surface area contributed by atoms with Gasteiger partial charge in [-0.1, -0.05) is 36.7 Å². The Morgan fingerprint density at radius 3 is 2.54 bits per heavy atom. The second kappa shape index (κ2) is 9.08. The number of hydrogen-bond acceptors (Lipinski definition) is 2. The van der Waals surface area contributed by atoms with Gasteiger partial charge in [0.25, 0.3) is 5.91 Å². The molecule has 0 atom stereocenters. The molecule has 0 aromatic heterocycles. The average Bonchev–Trinajstić information content (AvgIpc) is 2.59. The topological polar surface area (TPSA) is 58.2 Å². The van der Waals surface area contributed by atoms with E-state index in [2.05, 4.69) is 10.6 Å². The summed E-state index contributed by atoms with van der Waals surface area (Å²) in [5.41, 5.74) is 2.22. The predicted octanol–water partition coefficient (Wildman–Crippen LogP) is 4.05. The molecular weight excluding hydrogens is 324 g/mol. The lowest BCUT2D eigenvalue weighted by atomic mass is 10.1. The summed E-state index contributed by atoms with van der Waals surface area (Å²) < 4.78 is 0. The van der Waals surface area contributed by atoms with E-state index in [0.717, 1.165) is 12.0 Å². The van der Waals surface area contributed by atoms with Crippen LogP contribution in [0.2, 0.25) is 5.02 Å². The van der Waals surface area contributed by atoms with Crippen molar-refractivity contribution < 1.29 is 9.59 Å². The lowest BCUT2D eigenvalue weighted by molar-refractivity contribution is -0.116. The number of benzene rings is 2. The van der Waals surface area contributed by atoms with Crippen LogP contribution in [0.5, 0.6) is 0 Å². The van der Waals surface area contributed by atoms with Gasteiger partial charge in [0, 0.05) is 29.2 Å². The Kier molecular flexibility index (Phi) is 6.82. The summed E-state index contributed by atoms with van der Waals surface area (Å²) in [5, 5.41) is 6.33. The van der Waals surface area contributed by atoms with Crippen LogP contribution in [-0.4, -0.2) is 18.4 Å². The Morgan fingerprint density at radius 2 is 1.83 bits per heavy atom. The van der Waals surface area contributed by atoms with Crippen molar-refractivity contribution in [3.63, 3.8) is 0 Å². The van der Waals surface area contributed by atoms with Gasteiger partial charge in [0.05, 0.1) is 0 Å². The third-order valence-electron chi connectivity index (χ3n) is 3.50. The Balaban J connectivity index is 1.89. The van der Waals surface area contributed by atoms with Crippen LogP contribution < -0.4 is 10.6 Å². The SMILES string of the molecule is CCCNC(=O)c1cccc(NC(=O)CCc2ccc(Cl)cc2)c1. The van der Waals surface area contributed by atoms with Crippen LogP contribution in [0.25, 0.3) is 0 Å². The molecule has 0 fully saturated rings. The highest BCUT2D eigenvalue weighted by Gasteiger charge is 2.07. The molecule has 2 rings (SSSR count). The Morgan fingerprint density at radius 1 is 1.08 bits per heavy atom. The standard InChI is InChI=1S/C19H21ClN2O2/c1-2-12-21-19(24)15-4-3-5-17(13-15)22-18(23)11-8-14-6-9-16(20)10-7-14/h3-7,9-10,13H,2,8,11-12H2,1H3,(H,21,24)(H,22,23). The van der Waals surface area contributed by atoms with Gasteiger partial charge in [-0.05, 0) is 48.7 Å². The van der Waals surface area contributed by atoms with Crippen molar-refractivity contribution in [2.75, 3.05) is 11.9 Å². The van der Waals surface area contributed by atoms with Crippen molar-refractivity contribution in [3.8, 4) is 0 Å². The fraction of sp³-hybridized carbons (Fsp3) is 0.263. The number of carbonyl (C=O) groups is 2. The van der Waals surface area contributed by atoms with Crippen LogP contribution in [0.4, 0.5) is 5.69 Å². The minimum atomic E-state index is -0.130. The number of amides is 2. The molecule has 2 aromatic carbocycles. The van der Waals surface area contributed by atoms with Gasteiger partial charge >= 0.3 is 0 Å². The molecule has 2 N–H and O–H groups in total. The number of rotatable bonds is 7. The smallest absolute Gasteiger partial charge is 0.251 e. The highest BCUT2D eigenvalue weighted by Crippen LogP contribution is 2.13. The molecule has 0 unspecified atom stereocenters. The highest BCUT2D eigenvalue weighted by atomic mass is 35.5. The normalized spacial score (nSPS) is 10.2. The number of hydrogen-bond donors (Lipinski definition) is 2. The first-order valence-electron chi connectivity index (χ1n) is 8.01.